The van der Waals surface area contributed by atoms with Gasteiger partial charge in [-0.15, -0.1) is 11.3 Å². The van der Waals surface area contributed by atoms with Crippen LogP contribution in [0.5, 0.6) is 0 Å². The van der Waals surface area contributed by atoms with Crippen molar-refractivity contribution in [3.63, 3.8) is 0 Å². The minimum Gasteiger partial charge on any atom is -0.384 e. The molecule has 4 nitrogen and oxygen atoms in total. The van der Waals surface area contributed by atoms with Crippen molar-refractivity contribution in [1.29, 1.82) is 0 Å². The summed E-state index contributed by atoms with van der Waals surface area (Å²) in [4.78, 5) is 6.19. The van der Waals surface area contributed by atoms with E-state index in [0.717, 1.165) is 37.7 Å². The van der Waals surface area contributed by atoms with E-state index in [2.05, 4.69) is 34.2 Å². The van der Waals surface area contributed by atoms with Crippen LogP contribution in [0, 0.1) is 13.8 Å². The highest BCUT2D eigenvalue weighted by molar-refractivity contribution is 7.17. The Morgan fingerprint density at radius 2 is 1.85 bits per heavy atom. The Morgan fingerprint density at radius 1 is 1.04 bits per heavy atom. The topological polar surface area (TPSA) is 57.8 Å². The molecule has 0 bridgehead atoms. The van der Waals surface area contributed by atoms with E-state index in [1.807, 2.05) is 31.2 Å². The van der Waals surface area contributed by atoms with Crippen LogP contribution in [0.4, 0.5) is 0 Å². The van der Waals surface area contributed by atoms with Crippen LogP contribution in [0.2, 0.25) is 0 Å². The molecule has 1 atom stereocenters. The summed E-state index contributed by atoms with van der Waals surface area (Å²) in [5.74, 6) is 0. The Labute approximate surface area is 156 Å². The first-order valence-corrected chi connectivity index (χ1v) is 9.33. The number of aliphatic hydroxyl groups excluding tert-OH is 1. The van der Waals surface area contributed by atoms with Crippen molar-refractivity contribution < 1.29 is 5.11 Å². The van der Waals surface area contributed by atoms with Gasteiger partial charge in [0.05, 0.1) is 10.6 Å². The fraction of sp³-hybridized carbons (Fsp3) is 0.190. The molecule has 5 heteroatoms. The molecule has 0 saturated carbocycles. The smallest absolute Gasteiger partial charge is 0.106 e. The standard InChI is InChI=1S/C21H19N3OS/c1-13-3-4-16(14(2)11-13)20(25)17-12-19(15-5-8-22-9-6-15)26-21(17)18-7-10-23-24-18/h3-6,8-12,20,25H,7H2,1-2H3. The second kappa shape index (κ2) is 6.94. The largest absolute Gasteiger partial charge is 0.384 e. The fourth-order valence-corrected chi connectivity index (χ4v) is 4.40. The Hall–Kier alpha value is -2.63. The van der Waals surface area contributed by atoms with Crippen LogP contribution in [0.15, 0.2) is 59.0 Å². The zero-order valence-corrected chi connectivity index (χ0v) is 15.5. The van der Waals surface area contributed by atoms with Crippen molar-refractivity contribution in [2.24, 2.45) is 10.2 Å². The summed E-state index contributed by atoms with van der Waals surface area (Å²) in [6, 6.07) is 12.2. The molecular weight excluding hydrogens is 342 g/mol. The average molecular weight is 361 g/mol. The third kappa shape index (κ3) is 3.11. The van der Waals surface area contributed by atoms with E-state index >= 15 is 0 Å². The SMILES string of the molecule is Cc1ccc(C(O)c2cc(-c3ccncc3)sc2C2=NN=CC2)c(C)c1. The summed E-state index contributed by atoms with van der Waals surface area (Å²) >= 11 is 1.64. The van der Waals surface area contributed by atoms with Gasteiger partial charge in [0.15, 0.2) is 0 Å². The van der Waals surface area contributed by atoms with Crippen molar-refractivity contribution in [3.05, 3.63) is 75.9 Å². The number of thiophene rings is 1. The lowest BCUT2D eigenvalue weighted by Gasteiger charge is -2.15. The minimum absolute atomic E-state index is 0.694. The molecule has 26 heavy (non-hydrogen) atoms. The van der Waals surface area contributed by atoms with Gasteiger partial charge in [-0.25, -0.2) is 0 Å². The summed E-state index contributed by atoms with van der Waals surface area (Å²) in [5.41, 5.74) is 6.09. The number of benzene rings is 1. The second-order valence-electron chi connectivity index (χ2n) is 6.44. The maximum Gasteiger partial charge on any atom is 0.106 e. The number of aliphatic hydroxyl groups is 1. The molecule has 0 fully saturated rings. The van der Waals surface area contributed by atoms with E-state index in [1.165, 1.54) is 5.56 Å². The highest BCUT2D eigenvalue weighted by Crippen LogP contribution is 2.38. The number of aromatic nitrogens is 1. The van der Waals surface area contributed by atoms with E-state index in [0.29, 0.717) is 6.42 Å². The average Bonchev–Trinajstić information content (AvgIpc) is 3.31. The molecule has 1 N–H and O–H groups in total. The van der Waals surface area contributed by atoms with Crippen LogP contribution in [0.25, 0.3) is 10.4 Å². The molecule has 1 unspecified atom stereocenters. The predicted octanol–water partition coefficient (Wildman–Crippen LogP) is 4.69. The highest BCUT2D eigenvalue weighted by atomic mass is 32.1. The first-order chi connectivity index (χ1) is 12.6. The molecule has 2 aromatic heterocycles. The Morgan fingerprint density at radius 3 is 2.54 bits per heavy atom. The minimum atomic E-state index is -0.694. The normalized spacial score (nSPS) is 14.5. The highest BCUT2D eigenvalue weighted by Gasteiger charge is 2.24. The summed E-state index contributed by atoms with van der Waals surface area (Å²) in [6.45, 7) is 4.10. The molecule has 1 aromatic carbocycles. The Bertz CT molecular complexity index is 1010. The fourth-order valence-electron chi connectivity index (χ4n) is 3.21. The monoisotopic (exact) mass is 361 g/mol. The lowest BCUT2D eigenvalue weighted by atomic mass is 9.95. The summed E-state index contributed by atoms with van der Waals surface area (Å²) in [6.07, 6.45) is 5.37. The number of hydrogen-bond donors (Lipinski definition) is 1. The maximum absolute atomic E-state index is 11.2. The van der Waals surface area contributed by atoms with Crippen molar-refractivity contribution >= 4 is 23.3 Å². The molecule has 3 aromatic rings. The molecule has 0 aliphatic carbocycles. The van der Waals surface area contributed by atoms with E-state index in [1.54, 1.807) is 29.9 Å². The molecule has 4 rings (SSSR count). The zero-order valence-electron chi connectivity index (χ0n) is 14.7. The van der Waals surface area contributed by atoms with Gasteiger partial charge in [0, 0.05) is 35.5 Å². The maximum atomic E-state index is 11.2. The lowest BCUT2D eigenvalue weighted by molar-refractivity contribution is 0.220. The van der Waals surface area contributed by atoms with Gasteiger partial charge >= 0.3 is 0 Å². The number of nitrogens with zero attached hydrogens (tertiary/aromatic N) is 3. The predicted molar refractivity (Wildman–Crippen MR) is 107 cm³/mol. The molecule has 3 heterocycles. The van der Waals surface area contributed by atoms with Gasteiger partial charge in [-0.2, -0.15) is 10.2 Å². The van der Waals surface area contributed by atoms with E-state index < -0.39 is 6.10 Å². The second-order valence-corrected chi connectivity index (χ2v) is 7.49. The molecule has 1 aliphatic rings. The number of hydrogen-bond acceptors (Lipinski definition) is 5. The van der Waals surface area contributed by atoms with Gasteiger partial charge in [0.2, 0.25) is 0 Å². The third-order valence-corrected chi connectivity index (χ3v) is 5.80. The summed E-state index contributed by atoms with van der Waals surface area (Å²) in [5, 5.41) is 19.4. The first-order valence-electron chi connectivity index (χ1n) is 8.51. The van der Waals surface area contributed by atoms with Crippen LogP contribution in [0.3, 0.4) is 0 Å². The van der Waals surface area contributed by atoms with E-state index in [4.69, 9.17) is 0 Å². The van der Waals surface area contributed by atoms with E-state index in [-0.39, 0.29) is 0 Å². The summed E-state index contributed by atoms with van der Waals surface area (Å²) in [7, 11) is 0. The van der Waals surface area contributed by atoms with Gasteiger partial charge in [0.1, 0.15) is 6.10 Å². The zero-order chi connectivity index (χ0) is 18.1. The Kier molecular flexibility index (Phi) is 4.49. The van der Waals surface area contributed by atoms with Gasteiger partial charge < -0.3 is 5.11 Å². The van der Waals surface area contributed by atoms with Crippen molar-refractivity contribution in [2.75, 3.05) is 0 Å². The summed E-state index contributed by atoms with van der Waals surface area (Å²) < 4.78 is 0. The first kappa shape index (κ1) is 16.8. The van der Waals surface area contributed by atoms with Gasteiger partial charge in [-0.1, -0.05) is 23.8 Å². The molecule has 130 valence electrons. The number of pyridine rings is 1. The molecule has 0 radical (unpaired) electrons. The quantitative estimate of drug-likeness (QED) is 0.733. The van der Waals surface area contributed by atoms with Crippen molar-refractivity contribution in [2.45, 2.75) is 26.4 Å². The van der Waals surface area contributed by atoms with Gasteiger partial charge in [0.25, 0.3) is 0 Å². The Balaban J connectivity index is 1.82. The van der Waals surface area contributed by atoms with Crippen LogP contribution in [-0.4, -0.2) is 22.0 Å². The van der Waals surface area contributed by atoms with Gasteiger partial charge in [-0.3, -0.25) is 4.98 Å². The lowest BCUT2D eigenvalue weighted by Crippen LogP contribution is -2.07. The number of rotatable bonds is 4. The third-order valence-electron chi connectivity index (χ3n) is 4.55. The van der Waals surface area contributed by atoms with Crippen molar-refractivity contribution in [1.82, 2.24) is 4.98 Å². The molecule has 1 aliphatic heterocycles. The van der Waals surface area contributed by atoms with Crippen LogP contribution < -0.4 is 0 Å². The van der Waals surface area contributed by atoms with Gasteiger partial charge in [-0.05, 0) is 48.7 Å². The van der Waals surface area contributed by atoms with Crippen LogP contribution in [-0.2, 0) is 0 Å². The van der Waals surface area contributed by atoms with Crippen LogP contribution >= 0.6 is 11.3 Å². The molecule has 0 saturated heterocycles. The van der Waals surface area contributed by atoms with E-state index in [9.17, 15) is 5.11 Å². The molecular formula is C21H19N3OS. The van der Waals surface area contributed by atoms with Crippen molar-refractivity contribution in [3.8, 4) is 10.4 Å². The molecule has 0 amide bonds. The van der Waals surface area contributed by atoms with Crippen LogP contribution in [0.1, 0.15) is 39.7 Å². The number of aryl methyl sites for hydroxylation is 2. The molecule has 0 spiro atoms.